The minimum absolute atomic E-state index is 0.108. The number of halogens is 1. The zero-order valence-electron chi connectivity index (χ0n) is 17.0. The minimum atomic E-state index is -0.108. The first-order chi connectivity index (χ1) is 13.9. The second kappa shape index (κ2) is 7.84. The fourth-order valence-corrected chi connectivity index (χ4v) is 4.25. The number of hydrogen-bond donors (Lipinski definition) is 0. The van der Waals surface area contributed by atoms with E-state index in [9.17, 15) is 4.79 Å². The van der Waals surface area contributed by atoms with E-state index in [1.165, 1.54) is 0 Å². The highest BCUT2D eigenvalue weighted by molar-refractivity contribution is 9.10. The first kappa shape index (κ1) is 20.0. The first-order valence-electron chi connectivity index (χ1n) is 9.66. The second-order valence-electron chi connectivity index (χ2n) is 7.88. The molecule has 0 N–H and O–H groups in total. The van der Waals surface area contributed by atoms with E-state index in [0.29, 0.717) is 42.0 Å². The van der Waals surface area contributed by atoms with Crippen LogP contribution in [-0.4, -0.2) is 31.1 Å². The van der Waals surface area contributed by atoms with Crippen LogP contribution in [0.15, 0.2) is 34.5 Å². The number of aryl methyl sites for hydroxylation is 1. The lowest BCUT2D eigenvalue weighted by Crippen LogP contribution is -2.35. The number of hydrogen-bond acceptors (Lipinski definition) is 5. The predicted molar refractivity (Wildman–Crippen MR) is 116 cm³/mol. The molecule has 0 radical (unpaired) electrons. The van der Waals surface area contributed by atoms with Crippen molar-refractivity contribution in [3.8, 4) is 17.2 Å². The quantitative estimate of drug-likeness (QED) is 0.591. The molecule has 152 valence electrons. The molecule has 6 heteroatoms. The maximum Gasteiger partial charge on any atom is 0.232 e. The van der Waals surface area contributed by atoms with Crippen LogP contribution in [0, 0.1) is 12.8 Å². The van der Waals surface area contributed by atoms with Crippen molar-refractivity contribution in [2.75, 3.05) is 20.4 Å². The van der Waals surface area contributed by atoms with Crippen LogP contribution in [0.25, 0.3) is 6.08 Å². The standard InChI is InChI=1S/C23H24BrNO4/c1-13(2)10-25-11-17-19(28-12-25)7-14(3)21-22(26)20(29-23(17)21)9-15-8-16(24)5-6-18(15)27-4/h5-9,13H,10-12H2,1-4H3/b20-9-. The largest absolute Gasteiger partial charge is 0.496 e. The molecule has 0 amide bonds. The predicted octanol–water partition coefficient (Wildman–Crippen LogP) is 5.19. The Morgan fingerprint density at radius 3 is 2.83 bits per heavy atom. The van der Waals surface area contributed by atoms with Gasteiger partial charge < -0.3 is 14.2 Å². The van der Waals surface area contributed by atoms with Crippen molar-refractivity contribution >= 4 is 27.8 Å². The number of methoxy groups -OCH3 is 1. The van der Waals surface area contributed by atoms with Gasteiger partial charge in [-0.15, -0.1) is 0 Å². The highest BCUT2D eigenvalue weighted by Gasteiger charge is 2.35. The van der Waals surface area contributed by atoms with Crippen molar-refractivity contribution < 1.29 is 19.0 Å². The molecule has 2 heterocycles. The fourth-order valence-electron chi connectivity index (χ4n) is 3.87. The SMILES string of the molecule is COc1ccc(Br)cc1/C=C1\Oc2c3c(cc(C)c2C1=O)OCN(CC(C)C)C3. The van der Waals surface area contributed by atoms with Gasteiger partial charge in [0.2, 0.25) is 5.78 Å². The molecule has 29 heavy (non-hydrogen) atoms. The Morgan fingerprint density at radius 1 is 1.31 bits per heavy atom. The molecule has 5 nitrogen and oxygen atoms in total. The van der Waals surface area contributed by atoms with Crippen LogP contribution in [0.5, 0.6) is 17.2 Å². The Bertz CT molecular complexity index is 1010. The van der Waals surface area contributed by atoms with Crippen LogP contribution < -0.4 is 14.2 Å². The summed E-state index contributed by atoms with van der Waals surface area (Å²) in [4.78, 5) is 15.4. The van der Waals surface area contributed by atoms with E-state index in [-0.39, 0.29) is 5.78 Å². The molecule has 4 rings (SSSR count). The third kappa shape index (κ3) is 3.79. The van der Waals surface area contributed by atoms with Crippen LogP contribution >= 0.6 is 15.9 Å². The van der Waals surface area contributed by atoms with Gasteiger partial charge >= 0.3 is 0 Å². The van der Waals surface area contributed by atoms with E-state index in [2.05, 4.69) is 34.7 Å². The molecule has 0 saturated carbocycles. The molecule has 0 fully saturated rings. The summed E-state index contributed by atoms with van der Waals surface area (Å²) in [6.45, 7) is 8.47. The maximum absolute atomic E-state index is 13.2. The molecule has 0 bridgehead atoms. The summed E-state index contributed by atoms with van der Waals surface area (Å²) >= 11 is 3.47. The summed E-state index contributed by atoms with van der Waals surface area (Å²) in [6, 6.07) is 7.61. The molecule has 0 saturated heterocycles. The summed E-state index contributed by atoms with van der Waals surface area (Å²) in [5, 5.41) is 0. The normalized spacial score (nSPS) is 17.2. The molecule has 2 aliphatic rings. The van der Waals surface area contributed by atoms with Gasteiger partial charge in [-0.05, 0) is 48.7 Å². The summed E-state index contributed by atoms with van der Waals surface area (Å²) in [5.41, 5.74) is 3.21. The number of allylic oxidation sites excluding steroid dienone is 1. The molecule has 2 aliphatic heterocycles. The number of fused-ring (bicyclic) bond motifs is 3. The zero-order chi connectivity index (χ0) is 20.7. The average Bonchev–Trinajstić information content (AvgIpc) is 2.99. The minimum Gasteiger partial charge on any atom is -0.496 e. The summed E-state index contributed by atoms with van der Waals surface area (Å²) in [6.07, 6.45) is 1.74. The Morgan fingerprint density at radius 2 is 2.10 bits per heavy atom. The molecule has 0 aromatic heterocycles. The number of ether oxygens (including phenoxy) is 3. The van der Waals surface area contributed by atoms with E-state index in [1.807, 2.05) is 31.2 Å². The van der Waals surface area contributed by atoms with Crippen molar-refractivity contribution in [2.24, 2.45) is 5.92 Å². The van der Waals surface area contributed by atoms with Gasteiger partial charge in [0.25, 0.3) is 0 Å². The van der Waals surface area contributed by atoms with E-state index in [4.69, 9.17) is 14.2 Å². The van der Waals surface area contributed by atoms with Crippen molar-refractivity contribution in [3.05, 3.63) is 56.8 Å². The number of ketones is 1. The number of rotatable bonds is 4. The molecule has 2 aromatic rings. The number of Topliss-reactive ketones (excluding diaryl/α,β-unsaturated/α-hetero) is 1. The highest BCUT2D eigenvalue weighted by atomic mass is 79.9. The Kier molecular flexibility index (Phi) is 5.40. The molecule has 0 spiro atoms. The van der Waals surface area contributed by atoms with Gasteiger partial charge in [-0.1, -0.05) is 29.8 Å². The summed E-state index contributed by atoms with van der Waals surface area (Å²) in [5.74, 6) is 2.82. The number of nitrogens with zero attached hydrogens (tertiary/aromatic N) is 1. The molecular formula is C23H24BrNO4. The topological polar surface area (TPSA) is 48.0 Å². The van der Waals surface area contributed by atoms with Crippen LogP contribution in [0.2, 0.25) is 0 Å². The molecule has 0 aliphatic carbocycles. The fraction of sp³-hybridized carbons (Fsp3) is 0.348. The molecular weight excluding hydrogens is 434 g/mol. The Balaban J connectivity index is 1.74. The van der Waals surface area contributed by atoms with E-state index in [0.717, 1.165) is 33.5 Å². The van der Waals surface area contributed by atoms with Crippen molar-refractivity contribution in [3.63, 3.8) is 0 Å². The van der Waals surface area contributed by atoms with Crippen LogP contribution in [0.3, 0.4) is 0 Å². The van der Waals surface area contributed by atoms with Gasteiger partial charge in [0.1, 0.15) is 24.0 Å². The lowest BCUT2D eigenvalue weighted by Gasteiger charge is -2.31. The molecule has 0 unspecified atom stereocenters. The van der Waals surface area contributed by atoms with Gasteiger partial charge in [-0.25, -0.2) is 0 Å². The molecule has 2 aromatic carbocycles. The second-order valence-corrected chi connectivity index (χ2v) is 8.79. The van der Waals surface area contributed by atoms with Gasteiger partial charge in [0.05, 0.1) is 18.2 Å². The van der Waals surface area contributed by atoms with Crippen LogP contribution in [-0.2, 0) is 6.54 Å². The van der Waals surface area contributed by atoms with Gasteiger partial charge in [-0.3, -0.25) is 9.69 Å². The summed E-state index contributed by atoms with van der Waals surface area (Å²) in [7, 11) is 1.61. The first-order valence-corrected chi connectivity index (χ1v) is 10.5. The average molecular weight is 458 g/mol. The third-order valence-electron chi connectivity index (χ3n) is 5.09. The lowest BCUT2D eigenvalue weighted by atomic mass is 9.98. The van der Waals surface area contributed by atoms with Crippen molar-refractivity contribution in [2.45, 2.75) is 27.3 Å². The van der Waals surface area contributed by atoms with Crippen molar-refractivity contribution in [1.29, 1.82) is 0 Å². The number of carbonyl (C=O) groups is 1. The van der Waals surface area contributed by atoms with E-state index >= 15 is 0 Å². The monoisotopic (exact) mass is 457 g/mol. The third-order valence-corrected chi connectivity index (χ3v) is 5.58. The summed E-state index contributed by atoms with van der Waals surface area (Å²) < 4.78 is 18.4. The highest BCUT2D eigenvalue weighted by Crippen LogP contribution is 2.44. The lowest BCUT2D eigenvalue weighted by molar-refractivity contribution is 0.0831. The Labute approximate surface area is 179 Å². The number of benzene rings is 2. The van der Waals surface area contributed by atoms with Gasteiger partial charge in [0, 0.05) is 23.1 Å². The maximum atomic E-state index is 13.2. The number of carbonyl (C=O) groups excluding carboxylic acids is 1. The van der Waals surface area contributed by atoms with Gasteiger partial charge in [-0.2, -0.15) is 0 Å². The van der Waals surface area contributed by atoms with Crippen molar-refractivity contribution in [1.82, 2.24) is 4.90 Å². The van der Waals surface area contributed by atoms with Crippen LogP contribution in [0.1, 0.15) is 40.9 Å². The Hall–Kier alpha value is -2.31. The van der Waals surface area contributed by atoms with E-state index in [1.54, 1.807) is 13.2 Å². The van der Waals surface area contributed by atoms with E-state index < -0.39 is 0 Å². The zero-order valence-corrected chi connectivity index (χ0v) is 18.6. The van der Waals surface area contributed by atoms with Crippen LogP contribution in [0.4, 0.5) is 0 Å². The molecule has 0 atom stereocenters. The van der Waals surface area contributed by atoms with Gasteiger partial charge in [0.15, 0.2) is 5.76 Å². The smallest absolute Gasteiger partial charge is 0.232 e.